The average molecular weight is 413 g/mol. The van der Waals surface area contributed by atoms with Crippen LogP contribution in [0.5, 0.6) is 0 Å². The zero-order valence-corrected chi connectivity index (χ0v) is 13.6. The van der Waals surface area contributed by atoms with E-state index in [2.05, 4.69) is 31.9 Å². The van der Waals surface area contributed by atoms with Crippen LogP contribution in [-0.4, -0.2) is 0 Å². The van der Waals surface area contributed by atoms with Crippen molar-refractivity contribution < 1.29 is 4.39 Å². The monoisotopic (exact) mass is 410 g/mol. The van der Waals surface area contributed by atoms with Gasteiger partial charge in [-0.25, -0.2) is 4.39 Å². The van der Waals surface area contributed by atoms with E-state index in [0.717, 1.165) is 11.1 Å². The third-order valence-corrected chi connectivity index (χ3v) is 4.95. The van der Waals surface area contributed by atoms with E-state index in [1.807, 2.05) is 12.1 Å². The first-order valence-electron chi connectivity index (χ1n) is 5.03. The quantitative estimate of drug-likeness (QED) is 0.502. The Labute approximate surface area is 131 Å². The van der Waals surface area contributed by atoms with Gasteiger partial charge in [-0.15, -0.1) is 0 Å². The molecule has 94 valence electrons. The normalized spacial score (nSPS) is 12.5. The molecule has 0 spiro atoms. The number of rotatable bonds is 2. The van der Waals surface area contributed by atoms with Crippen molar-refractivity contribution in [1.82, 2.24) is 0 Å². The fourth-order valence-corrected chi connectivity index (χ4v) is 3.18. The van der Waals surface area contributed by atoms with E-state index in [-0.39, 0.29) is 10.6 Å². The molecule has 1 unspecified atom stereocenters. The summed E-state index contributed by atoms with van der Waals surface area (Å²) in [6.07, 6.45) is 0. The lowest BCUT2D eigenvalue weighted by Crippen LogP contribution is -1.95. The van der Waals surface area contributed by atoms with E-state index >= 15 is 0 Å². The molecule has 0 aliphatic heterocycles. The Morgan fingerprint density at radius 3 is 2.50 bits per heavy atom. The van der Waals surface area contributed by atoms with Crippen molar-refractivity contribution in [3.8, 4) is 0 Å². The highest BCUT2D eigenvalue weighted by Crippen LogP contribution is 2.39. The zero-order chi connectivity index (χ0) is 13.3. The molecule has 0 amide bonds. The summed E-state index contributed by atoms with van der Waals surface area (Å²) in [6.45, 7) is 0. The molecule has 18 heavy (non-hydrogen) atoms. The number of hydrogen-bond donors (Lipinski definition) is 0. The Balaban J connectivity index is 2.44. The van der Waals surface area contributed by atoms with E-state index in [1.54, 1.807) is 18.2 Å². The molecule has 0 heterocycles. The van der Waals surface area contributed by atoms with Crippen LogP contribution in [0.25, 0.3) is 0 Å². The summed E-state index contributed by atoms with van der Waals surface area (Å²) in [6, 6.07) is 10.3. The summed E-state index contributed by atoms with van der Waals surface area (Å²) in [5.41, 5.74) is 1.75. The number of benzene rings is 2. The predicted octanol–water partition coefficient (Wildman–Crippen LogP) is 6.38. The molecule has 0 fully saturated rings. The van der Waals surface area contributed by atoms with Gasteiger partial charge in [0.05, 0.1) is 19.3 Å². The van der Waals surface area contributed by atoms with Crippen LogP contribution in [-0.2, 0) is 0 Å². The maximum Gasteiger partial charge on any atom is 0.137 e. The Morgan fingerprint density at radius 2 is 1.83 bits per heavy atom. The van der Waals surface area contributed by atoms with Gasteiger partial charge in [-0.05, 0) is 45.3 Å². The second-order valence-electron chi connectivity index (χ2n) is 3.68. The van der Waals surface area contributed by atoms with Gasteiger partial charge in [0.1, 0.15) is 5.82 Å². The molecule has 0 nitrogen and oxygen atoms in total. The highest BCUT2D eigenvalue weighted by atomic mass is 79.9. The van der Waals surface area contributed by atoms with Crippen molar-refractivity contribution in [2.24, 2.45) is 0 Å². The summed E-state index contributed by atoms with van der Waals surface area (Å²) >= 11 is 18.9. The SMILES string of the molecule is Fc1ccc(C(Br)c2cccc(Cl)c2Cl)cc1Br. The highest BCUT2D eigenvalue weighted by Gasteiger charge is 2.16. The average Bonchev–Trinajstić information content (AvgIpc) is 2.35. The van der Waals surface area contributed by atoms with Crippen molar-refractivity contribution in [1.29, 1.82) is 0 Å². The maximum absolute atomic E-state index is 13.2. The Kier molecular flexibility index (Phi) is 4.70. The summed E-state index contributed by atoms with van der Waals surface area (Å²) in [5.74, 6) is -0.296. The summed E-state index contributed by atoms with van der Waals surface area (Å²) in [5, 5.41) is 1.00. The minimum atomic E-state index is -0.296. The van der Waals surface area contributed by atoms with Crippen molar-refractivity contribution in [2.75, 3.05) is 0 Å². The van der Waals surface area contributed by atoms with E-state index < -0.39 is 0 Å². The summed E-state index contributed by atoms with van der Waals surface area (Å²) in [4.78, 5) is -0.138. The van der Waals surface area contributed by atoms with Gasteiger partial charge in [0, 0.05) is 0 Å². The summed E-state index contributed by atoms with van der Waals surface area (Å²) in [7, 11) is 0. The van der Waals surface area contributed by atoms with Crippen LogP contribution < -0.4 is 0 Å². The number of halogens is 5. The van der Waals surface area contributed by atoms with Gasteiger partial charge in [0.25, 0.3) is 0 Å². The van der Waals surface area contributed by atoms with Crippen molar-refractivity contribution in [3.05, 3.63) is 67.9 Å². The van der Waals surface area contributed by atoms with E-state index in [9.17, 15) is 4.39 Å². The van der Waals surface area contributed by atoms with Crippen LogP contribution >= 0.6 is 55.1 Å². The first-order valence-corrected chi connectivity index (χ1v) is 7.50. The maximum atomic E-state index is 13.2. The predicted molar refractivity (Wildman–Crippen MR) is 81.3 cm³/mol. The van der Waals surface area contributed by atoms with Crippen LogP contribution in [0.1, 0.15) is 16.0 Å². The Hall–Kier alpha value is -0.0900. The van der Waals surface area contributed by atoms with Crippen molar-refractivity contribution in [2.45, 2.75) is 4.83 Å². The molecular formula is C13H7Br2Cl2F. The third kappa shape index (κ3) is 2.90. The first kappa shape index (κ1) is 14.3. The largest absolute Gasteiger partial charge is 0.206 e. The zero-order valence-electron chi connectivity index (χ0n) is 8.93. The molecule has 0 aliphatic carbocycles. The van der Waals surface area contributed by atoms with Crippen LogP contribution in [0, 0.1) is 5.82 Å². The minimum absolute atomic E-state index is 0.138. The molecule has 0 aliphatic rings. The standard InChI is InChI=1S/C13H7Br2Cl2F/c14-9-6-7(4-5-11(9)18)12(15)8-2-1-3-10(16)13(8)17/h1-6,12H. The second kappa shape index (κ2) is 5.91. The molecule has 0 radical (unpaired) electrons. The van der Waals surface area contributed by atoms with Gasteiger partial charge in [0.15, 0.2) is 0 Å². The van der Waals surface area contributed by atoms with Crippen molar-refractivity contribution in [3.63, 3.8) is 0 Å². The van der Waals surface area contributed by atoms with E-state index in [1.165, 1.54) is 6.07 Å². The molecule has 2 aromatic rings. The fourth-order valence-electron chi connectivity index (χ4n) is 1.57. The van der Waals surface area contributed by atoms with Gasteiger partial charge in [0.2, 0.25) is 0 Å². The first-order chi connectivity index (χ1) is 8.50. The lowest BCUT2D eigenvalue weighted by atomic mass is 10.0. The van der Waals surface area contributed by atoms with Gasteiger partial charge < -0.3 is 0 Å². The van der Waals surface area contributed by atoms with E-state index in [4.69, 9.17) is 23.2 Å². The molecule has 0 saturated carbocycles. The fraction of sp³-hybridized carbons (Fsp3) is 0.0769. The molecule has 2 rings (SSSR count). The van der Waals surface area contributed by atoms with Gasteiger partial charge >= 0.3 is 0 Å². The molecule has 0 bridgehead atoms. The topological polar surface area (TPSA) is 0 Å². The van der Waals surface area contributed by atoms with Crippen molar-refractivity contribution >= 4 is 55.1 Å². The minimum Gasteiger partial charge on any atom is -0.206 e. The lowest BCUT2D eigenvalue weighted by molar-refractivity contribution is 0.620. The molecular weight excluding hydrogens is 406 g/mol. The molecule has 1 atom stereocenters. The van der Waals surface area contributed by atoms with Crippen LogP contribution in [0.4, 0.5) is 4.39 Å². The number of alkyl halides is 1. The Bertz CT molecular complexity index is 587. The lowest BCUT2D eigenvalue weighted by Gasteiger charge is -2.13. The Morgan fingerprint density at radius 1 is 1.11 bits per heavy atom. The molecule has 5 heteroatoms. The number of hydrogen-bond acceptors (Lipinski definition) is 0. The van der Waals surface area contributed by atoms with Crippen LogP contribution in [0.2, 0.25) is 10.0 Å². The molecule has 0 N–H and O–H groups in total. The molecule has 0 aromatic heterocycles. The van der Waals surface area contributed by atoms with Gasteiger partial charge in [-0.3, -0.25) is 0 Å². The highest BCUT2D eigenvalue weighted by molar-refractivity contribution is 9.10. The second-order valence-corrected chi connectivity index (χ2v) is 6.23. The summed E-state index contributed by atoms with van der Waals surface area (Å²) < 4.78 is 13.6. The molecule has 2 aromatic carbocycles. The van der Waals surface area contributed by atoms with Crippen LogP contribution in [0.3, 0.4) is 0 Å². The molecule has 0 saturated heterocycles. The van der Waals surface area contributed by atoms with Gasteiger partial charge in [-0.1, -0.05) is 57.3 Å². The van der Waals surface area contributed by atoms with Gasteiger partial charge in [-0.2, -0.15) is 0 Å². The smallest absolute Gasteiger partial charge is 0.137 e. The van der Waals surface area contributed by atoms with Crippen LogP contribution in [0.15, 0.2) is 40.9 Å². The van der Waals surface area contributed by atoms with E-state index in [0.29, 0.717) is 14.5 Å². The third-order valence-electron chi connectivity index (χ3n) is 2.49.